The van der Waals surface area contributed by atoms with E-state index in [1.54, 1.807) is 0 Å². The van der Waals surface area contributed by atoms with Crippen LogP contribution in [0.1, 0.15) is 25.0 Å². The monoisotopic (exact) mass is 602 g/mol. The molecule has 3 aromatic rings. The Bertz CT molecular complexity index is 1740. The van der Waals surface area contributed by atoms with Crippen molar-refractivity contribution in [3.8, 4) is 11.1 Å². The fourth-order valence-corrected chi connectivity index (χ4v) is 4.76. The number of hydrogen-bond donors (Lipinski definition) is 2. The Hall–Kier alpha value is -5.74. The third-order valence-electron chi connectivity index (χ3n) is 7.04. The van der Waals surface area contributed by atoms with Crippen molar-refractivity contribution in [2.75, 3.05) is 13.1 Å². The lowest BCUT2D eigenvalue weighted by Gasteiger charge is -2.13. The summed E-state index contributed by atoms with van der Waals surface area (Å²) in [5.41, 5.74) is 9.01. The average molecular weight is 603 g/mol. The van der Waals surface area contributed by atoms with Gasteiger partial charge in [0.15, 0.2) is 0 Å². The van der Waals surface area contributed by atoms with Gasteiger partial charge in [-0.05, 0) is 85.1 Å². The van der Waals surface area contributed by atoms with Crippen LogP contribution in [0.4, 0.5) is 5.69 Å². The zero-order valence-corrected chi connectivity index (χ0v) is 26.7. The standard InChI is InChI=1S/C42H42N4/c1-4-6-18-36(26-30-44-27-5-2)38-23-14-9-15-28-45-29-16-17-34(31-38)33-46-42(37-21-12-8-13-22-37)40-25-24-39(32-41(40)43-3)35-19-10-7-11-20-35/h4-27,29-32,44-45H,3,28,33H2,1-2H3/b6-4+,15-9-,23-14+,27-5-,29-16-,30-26-,34-17+,36-18+,38-31+,46-42?. The summed E-state index contributed by atoms with van der Waals surface area (Å²) >= 11 is 0. The van der Waals surface area contributed by atoms with E-state index in [-0.39, 0.29) is 0 Å². The summed E-state index contributed by atoms with van der Waals surface area (Å²) in [6.07, 6.45) is 30.7. The fraction of sp³-hybridized carbons (Fsp3) is 0.0952. The predicted octanol–water partition coefficient (Wildman–Crippen LogP) is 9.74. The van der Waals surface area contributed by atoms with Crippen molar-refractivity contribution < 1.29 is 0 Å². The molecule has 0 aliphatic carbocycles. The zero-order chi connectivity index (χ0) is 32.2. The lowest BCUT2D eigenvalue weighted by molar-refractivity contribution is 0.985. The average Bonchev–Trinajstić information content (AvgIpc) is 3.10. The highest BCUT2D eigenvalue weighted by molar-refractivity contribution is 6.16. The molecule has 1 aliphatic rings. The summed E-state index contributed by atoms with van der Waals surface area (Å²) in [7, 11) is 0. The van der Waals surface area contributed by atoms with Gasteiger partial charge in [-0.15, -0.1) is 0 Å². The minimum Gasteiger partial charge on any atom is -0.387 e. The maximum Gasteiger partial charge on any atom is 0.0744 e. The van der Waals surface area contributed by atoms with E-state index >= 15 is 0 Å². The fourth-order valence-electron chi connectivity index (χ4n) is 4.76. The van der Waals surface area contributed by atoms with Gasteiger partial charge in [0.25, 0.3) is 0 Å². The molecule has 0 fully saturated rings. The van der Waals surface area contributed by atoms with Crippen molar-refractivity contribution in [2.45, 2.75) is 13.8 Å². The molecule has 4 nitrogen and oxygen atoms in total. The van der Waals surface area contributed by atoms with E-state index in [4.69, 9.17) is 4.99 Å². The van der Waals surface area contributed by atoms with E-state index in [2.05, 4.69) is 119 Å². The summed E-state index contributed by atoms with van der Waals surface area (Å²) in [6, 6.07) is 26.9. The minimum atomic E-state index is 0.455. The van der Waals surface area contributed by atoms with Gasteiger partial charge in [0.2, 0.25) is 0 Å². The number of allylic oxidation sites excluding steroid dienone is 12. The number of benzene rings is 3. The van der Waals surface area contributed by atoms with Gasteiger partial charge in [-0.1, -0.05) is 127 Å². The van der Waals surface area contributed by atoms with Gasteiger partial charge in [0.05, 0.1) is 17.9 Å². The first kappa shape index (κ1) is 33.2. The van der Waals surface area contributed by atoms with E-state index in [0.29, 0.717) is 6.54 Å². The Kier molecular flexibility index (Phi) is 13.6. The molecule has 0 atom stereocenters. The second kappa shape index (κ2) is 18.8. The number of hydrogen-bond acceptors (Lipinski definition) is 4. The van der Waals surface area contributed by atoms with Crippen LogP contribution in [0.3, 0.4) is 0 Å². The Balaban J connectivity index is 1.82. The van der Waals surface area contributed by atoms with Crippen LogP contribution < -0.4 is 10.6 Å². The Morgan fingerprint density at radius 3 is 2.46 bits per heavy atom. The van der Waals surface area contributed by atoms with Crippen LogP contribution in [0.2, 0.25) is 0 Å². The second-order valence-corrected chi connectivity index (χ2v) is 10.3. The number of aliphatic imine (C=N–C) groups is 2. The van der Waals surface area contributed by atoms with E-state index in [0.717, 1.165) is 56.9 Å². The molecule has 0 spiro atoms. The number of nitrogens with one attached hydrogen (secondary N) is 2. The van der Waals surface area contributed by atoms with E-state index in [1.165, 1.54) is 0 Å². The Morgan fingerprint density at radius 2 is 1.70 bits per heavy atom. The molecule has 0 bridgehead atoms. The smallest absolute Gasteiger partial charge is 0.0744 e. The van der Waals surface area contributed by atoms with Gasteiger partial charge in [0, 0.05) is 23.9 Å². The van der Waals surface area contributed by atoms with Gasteiger partial charge in [-0.25, -0.2) is 0 Å². The zero-order valence-electron chi connectivity index (χ0n) is 26.7. The van der Waals surface area contributed by atoms with Crippen molar-refractivity contribution in [3.05, 3.63) is 198 Å². The summed E-state index contributed by atoms with van der Waals surface area (Å²) in [6.45, 7) is 9.12. The van der Waals surface area contributed by atoms with Crippen molar-refractivity contribution in [2.24, 2.45) is 9.98 Å². The molecule has 1 aliphatic heterocycles. The molecule has 0 aromatic heterocycles. The van der Waals surface area contributed by atoms with Crippen molar-refractivity contribution >= 4 is 18.1 Å². The van der Waals surface area contributed by atoms with E-state index in [9.17, 15) is 0 Å². The summed E-state index contributed by atoms with van der Waals surface area (Å²) in [5.74, 6) is 0. The summed E-state index contributed by atoms with van der Waals surface area (Å²) in [5, 5.41) is 6.51. The normalized spacial score (nSPS) is 18.9. The van der Waals surface area contributed by atoms with Gasteiger partial charge < -0.3 is 10.6 Å². The van der Waals surface area contributed by atoms with Gasteiger partial charge in [-0.2, -0.15) is 0 Å². The molecule has 4 rings (SSSR count). The molecule has 0 radical (unpaired) electrons. The van der Waals surface area contributed by atoms with E-state index in [1.807, 2.05) is 87.1 Å². The second-order valence-electron chi connectivity index (χ2n) is 10.3. The molecule has 0 saturated heterocycles. The molecular weight excluding hydrogens is 560 g/mol. The molecule has 0 amide bonds. The first-order chi connectivity index (χ1) is 22.7. The lowest BCUT2D eigenvalue weighted by atomic mass is 9.96. The molecule has 230 valence electrons. The van der Waals surface area contributed by atoms with Crippen LogP contribution in [0.5, 0.6) is 0 Å². The van der Waals surface area contributed by atoms with Gasteiger partial charge >= 0.3 is 0 Å². The molecule has 0 saturated carbocycles. The number of nitrogens with zero attached hydrogens (tertiary/aromatic N) is 2. The van der Waals surface area contributed by atoms with Crippen LogP contribution in [-0.2, 0) is 0 Å². The highest BCUT2D eigenvalue weighted by Gasteiger charge is 2.13. The van der Waals surface area contributed by atoms with Crippen LogP contribution in [-0.4, -0.2) is 25.5 Å². The number of rotatable bonds is 11. The van der Waals surface area contributed by atoms with Crippen molar-refractivity contribution in [1.29, 1.82) is 0 Å². The highest BCUT2D eigenvalue weighted by atomic mass is 14.8. The maximum atomic E-state index is 5.26. The van der Waals surface area contributed by atoms with Crippen LogP contribution in [0.25, 0.3) is 11.1 Å². The molecule has 4 heteroatoms. The lowest BCUT2D eigenvalue weighted by Crippen LogP contribution is -2.06. The Morgan fingerprint density at radius 1 is 0.891 bits per heavy atom. The third-order valence-corrected chi connectivity index (χ3v) is 7.04. The maximum absolute atomic E-state index is 5.26. The van der Waals surface area contributed by atoms with Crippen molar-refractivity contribution in [1.82, 2.24) is 10.6 Å². The van der Waals surface area contributed by atoms with Crippen molar-refractivity contribution in [3.63, 3.8) is 0 Å². The quantitative estimate of drug-likeness (QED) is 0.170. The SMILES string of the molecule is C=Nc1cc(-c2ccccc2)ccc1C(=NCC1=C/C=C\NC\C=C/C=C/C(C(/C=C\N/C=C\C)=C/C=C/C)=C\1)c1ccccc1. The molecular formula is C42H42N4. The Labute approximate surface area is 274 Å². The van der Waals surface area contributed by atoms with Crippen LogP contribution in [0, 0.1) is 0 Å². The molecule has 46 heavy (non-hydrogen) atoms. The van der Waals surface area contributed by atoms with E-state index < -0.39 is 0 Å². The van der Waals surface area contributed by atoms with Gasteiger partial charge in [0.1, 0.15) is 0 Å². The largest absolute Gasteiger partial charge is 0.387 e. The highest BCUT2D eigenvalue weighted by Crippen LogP contribution is 2.30. The van der Waals surface area contributed by atoms with Gasteiger partial charge in [-0.3, -0.25) is 9.98 Å². The predicted molar refractivity (Wildman–Crippen MR) is 200 cm³/mol. The topological polar surface area (TPSA) is 48.8 Å². The summed E-state index contributed by atoms with van der Waals surface area (Å²) in [4.78, 5) is 9.71. The van der Waals surface area contributed by atoms with Crippen LogP contribution >= 0.6 is 0 Å². The molecule has 2 N–H and O–H groups in total. The third kappa shape index (κ3) is 10.2. The first-order valence-electron chi connectivity index (χ1n) is 15.5. The summed E-state index contributed by atoms with van der Waals surface area (Å²) < 4.78 is 0. The first-order valence-corrected chi connectivity index (χ1v) is 15.5. The van der Waals surface area contributed by atoms with Crippen LogP contribution in [0.15, 0.2) is 197 Å². The molecule has 1 heterocycles. The molecule has 3 aromatic carbocycles. The minimum absolute atomic E-state index is 0.455. The molecule has 0 unspecified atom stereocenters.